The SMILES string of the molecule is CC1(C)OC(=O)C(c2ccc3c(c2)CCO3)=C1c1ccc(S(C)(=O)=O)cc1. The molecule has 0 saturated carbocycles. The number of carbonyl (C=O) groups excluding carboxylic acids is 1. The summed E-state index contributed by atoms with van der Waals surface area (Å²) in [6, 6.07) is 12.3. The van der Waals surface area contributed by atoms with Crippen LogP contribution in [-0.4, -0.2) is 32.9 Å². The number of sulfone groups is 1. The molecule has 27 heavy (non-hydrogen) atoms. The number of esters is 1. The van der Waals surface area contributed by atoms with Gasteiger partial charge in [-0.25, -0.2) is 13.2 Å². The zero-order valence-electron chi connectivity index (χ0n) is 15.4. The molecular weight excluding hydrogens is 364 g/mol. The molecule has 0 aliphatic carbocycles. The first-order valence-electron chi connectivity index (χ1n) is 8.71. The number of fused-ring (bicyclic) bond motifs is 1. The van der Waals surface area contributed by atoms with Gasteiger partial charge in [0.1, 0.15) is 11.4 Å². The van der Waals surface area contributed by atoms with Gasteiger partial charge in [0.15, 0.2) is 9.84 Å². The summed E-state index contributed by atoms with van der Waals surface area (Å²) in [4.78, 5) is 12.9. The van der Waals surface area contributed by atoms with E-state index in [4.69, 9.17) is 9.47 Å². The van der Waals surface area contributed by atoms with E-state index in [1.54, 1.807) is 24.3 Å². The summed E-state index contributed by atoms with van der Waals surface area (Å²) in [5, 5.41) is 0. The van der Waals surface area contributed by atoms with Gasteiger partial charge < -0.3 is 9.47 Å². The van der Waals surface area contributed by atoms with Gasteiger partial charge in [-0.1, -0.05) is 18.2 Å². The maximum absolute atomic E-state index is 12.7. The van der Waals surface area contributed by atoms with Gasteiger partial charge in [0.05, 0.1) is 17.1 Å². The van der Waals surface area contributed by atoms with Crippen molar-refractivity contribution in [3.63, 3.8) is 0 Å². The highest BCUT2D eigenvalue weighted by Gasteiger charge is 2.41. The number of hydrogen-bond donors (Lipinski definition) is 0. The number of ether oxygens (including phenoxy) is 2. The van der Waals surface area contributed by atoms with Crippen LogP contribution in [0.25, 0.3) is 11.1 Å². The minimum Gasteiger partial charge on any atom is -0.493 e. The van der Waals surface area contributed by atoms with Crippen LogP contribution in [0.4, 0.5) is 0 Å². The number of benzene rings is 2. The molecular formula is C21H20O5S. The molecule has 0 N–H and O–H groups in total. The third kappa shape index (κ3) is 3.04. The van der Waals surface area contributed by atoms with E-state index < -0.39 is 15.4 Å². The van der Waals surface area contributed by atoms with Crippen LogP contribution in [0, 0.1) is 0 Å². The van der Waals surface area contributed by atoms with Crippen molar-refractivity contribution in [3.05, 3.63) is 59.2 Å². The van der Waals surface area contributed by atoms with Crippen LogP contribution in [0.3, 0.4) is 0 Å². The van der Waals surface area contributed by atoms with E-state index in [1.165, 1.54) is 6.26 Å². The maximum Gasteiger partial charge on any atom is 0.340 e. The van der Waals surface area contributed by atoms with E-state index in [-0.39, 0.29) is 10.9 Å². The van der Waals surface area contributed by atoms with E-state index in [9.17, 15) is 13.2 Å². The lowest BCUT2D eigenvalue weighted by molar-refractivity contribution is -0.141. The van der Waals surface area contributed by atoms with E-state index >= 15 is 0 Å². The van der Waals surface area contributed by atoms with Crippen LogP contribution in [0.1, 0.15) is 30.5 Å². The molecule has 0 unspecified atom stereocenters. The molecule has 5 nitrogen and oxygen atoms in total. The van der Waals surface area contributed by atoms with Crippen LogP contribution >= 0.6 is 0 Å². The predicted molar refractivity (Wildman–Crippen MR) is 102 cm³/mol. The second kappa shape index (κ2) is 5.96. The Kier molecular flexibility index (Phi) is 3.93. The molecule has 0 fully saturated rings. The average molecular weight is 384 g/mol. The molecule has 0 aromatic heterocycles. The largest absolute Gasteiger partial charge is 0.493 e. The van der Waals surface area contributed by atoms with Crippen LogP contribution in [0.5, 0.6) is 5.75 Å². The van der Waals surface area contributed by atoms with Crippen molar-refractivity contribution in [2.75, 3.05) is 12.9 Å². The van der Waals surface area contributed by atoms with E-state index in [0.29, 0.717) is 12.2 Å². The van der Waals surface area contributed by atoms with Crippen LogP contribution in [-0.2, 0) is 25.8 Å². The molecule has 0 bridgehead atoms. The number of cyclic esters (lactones) is 1. The number of rotatable bonds is 3. The number of carbonyl (C=O) groups is 1. The molecule has 4 rings (SSSR count). The normalized spacial score (nSPS) is 18.3. The summed E-state index contributed by atoms with van der Waals surface area (Å²) in [5.41, 5.74) is 3.09. The van der Waals surface area contributed by atoms with Crippen molar-refractivity contribution >= 4 is 27.0 Å². The van der Waals surface area contributed by atoms with Crippen molar-refractivity contribution in [2.24, 2.45) is 0 Å². The first-order valence-corrected chi connectivity index (χ1v) is 10.6. The minimum atomic E-state index is -3.28. The van der Waals surface area contributed by atoms with Crippen molar-refractivity contribution in [1.82, 2.24) is 0 Å². The molecule has 2 aliphatic rings. The van der Waals surface area contributed by atoms with Crippen molar-refractivity contribution in [3.8, 4) is 5.75 Å². The van der Waals surface area contributed by atoms with Crippen molar-refractivity contribution in [2.45, 2.75) is 30.8 Å². The summed E-state index contributed by atoms with van der Waals surface area (Å²) in [6.07, 6.45) is 1.98. The van der Waals surface area contributed by atoms with E-state index in [2.05, 4.69) is 0 Å². The second-order valence-corrected chi connectivity index (χ2v) is 9.38. The number of hydrogen-bond acceptors (Lipinski definition) is 5. The Balaban J connectivity index is 1.89. The van der Waals surface area contributed by atoms with Crippen LogP contribution < -0.4 is 4.74 Å². The quantitative estimate of drug-likeness (QED) is 0.760. The smallest absolute Gasteiger partial charge is 0.340 e. The average Bonchev–Trinajstić information content (AvgIpc) is 3.14. The first-order chi connectivity index (χ1) is 12.7. The predicted octanol–water partition coefficient (Wildman–Crippen LogP) is 3.27. The molecule has 2 heterocycles. The zero-order chi connectivity index (χ0) is 19.4. The van der Waals surface area contributed by atoms with Gasteiger partial charge in [0, 0.05) is 18.2 Å². The molecule has 2 aromatic carbocycles. The summed E-state index contributed by atoms with van der Waals surface area (Å²) in [5.74, 6) is 0.477. The third-order valence-corrected chi connectivity index (χ3v) is 6.08. The summed E-state index contributed by atoms with van der Waals surface area (Å²) in [7, 11) is -3.28. The highest BCUT2D eigenvalue weighted by atomic mass is 32.2. The topological polar surface area (TPSA) is 69.7 Å². The molecule has 0 radical (unpaired) electrons. The fourth-order valence-corrected chi connectivity index (χ4v) is 4.33. The molecule has 0 spiro atoms. The molecule has 0 atom stereocenters. The summed E-state index contributed by atoms with van der Waals surface area (Å²) >= 11 is 0. The van der Waals surface area contributed by atoms with Gasteiger partial charge in [0.25, 0.3) is 0 Å². The van der Waals surface area contributed by atoms with Gasteiger partial charge in [-0.05, 0) is 54.8 Å². The summed E-state index contributed by atoms with van der Waals surface area (Å²) in [6.45, 7) is 4.33. The molecule has 0 amide bonds. The fourth-order valence-electron chi connectivity index (χ4n) is 3.70. The first kappa shape index (κ1) is 17.8. The van der Waals surface area contributed by atoms with Gasteiger partial charge >= 0.3 is 5.97 Å². The van der Waals surface area contributed by atoms with Crippen molar-refractivity contribution in [1.29, 1.82) is 0 Å². The zero-order valence-corrected chi connectivity index (χ0v) is 16.2. The highest BCUT2D eigenvalue weighted by molar-refractivity contribution is 7.90. The molecule has 2 aliphatic heterocycles. The second-order valence-electron chi connectivity index (χ2n) is 7.37. The Morgan fingerprint density at radius 3 is 2.33 bits per heavy atom. The lowest BCUT2D eigenvalue weighted by Gasteiger charge is -2.22. The van der Waals surface area contributed by atoms with E-state index in [1.807, 2.05) is 32.0 Å². The Labute approximate surface area is 158 Å². The van der Waals surface area contributed by atoms with Gasteiger partial charge in [-0.3, -0.25) is 0 Å². The monoisotopic (exact) mass is 384 g/mol. The highest BCUT2D eigenvalue weighted by Crippen LogP contribution is 2.44. The van der Waals surface area contributed by atoms with Crippen molar-refractivity contribution < 1.29 is 22.7 Å². The maximum atomic E-state index is 12.7. The Morgan fingerprint density at radius 2 is 1.67 bits per heavy atom. The van der Waals surface area contributed by atoms with Gasteiger partial charge in [-0.15, -0.1) is 0 Å². The Morgan fingerprint density at radius 1 is 1.00 bits per heavy atom. The lowest BCUT2D eigenvalue weighted by atomic mass is 9.86. The molecule has 6 heteroatoms. The molecule has 2 aromatic rings. The van der Waals surface area contributed by atoms with Crippen LogP contribution in [0.2, 0.25) is 0 Å². The third-order valence-electron chi connectivity index (χ3n) is 4.95. The van der Waals surface area contributed by atoms with E-state index in [0.717, 1.165) is 34.4 Å². The van der Waals surface area contributed by atoms with Gasteiger partial charge in [-0.2, -0.15) is 0 Å². The lowest BCUT2D eigenvalue weighted by Crippen LogP contribution is -2.22. The fraction of sp³-hybridized carbons (Fsp3) is 0.286. The summed E-state index contributed by atoms with van der Waals surface area (Å²) < 4.78 is 34.7. The van der Waals surface area contributed by atoms with Crippen LogP contribution in [0.15, 0.2) is 47.4 Å². The standard InChI is InChI=1S/C21H20O5S/c1-21(2)19(13-4-7-16(8-5-13)27(3,23)24)18(20(22)26-21)15-6-9-17-14(12-15)10-11-25-17/h4-9,12H,10-11H2,1-3H3. The molecule has 0 saturated heterocycles. The van der Waals surface area contributed by atoms with Gasteiger partial charge in [0.2, 0.25) is 0 Å². The minimum absolute atomic E-state index is 0.242. The Bertz CT molecular complexity index is 1080. The molecule has 140 valence electrons. The Hall–Kier alpha value is -2.60.